The maximum absolute atomic E-state index is 5.86. The van der Waals surface area contributed by atoms with Gasteiger partial charge in [-0.25, -0.2) is 0 Å². The van der Waals surface area contributed by atoms with Crippen LogP contribution in [0.5, 0.6) is 6.01 Å². The first kappa shape index (κ1) is 13.7. The number of hydrogen-bond acceptors (Lipinski definition) is 6. The van der Waals surface area contributed by atoms with Gasteiger partial charge in [0.2, 0.25) is 5.89 Å². The molecule has 0 saturated carbocycles. The van der Waals surface area contributed by atoms with E-state index in [0.717, 1.165) is 5.56 Å². The predicted octanol–water partition coefficient (Wildman–Crippen LogP) is 3.01. The minimum Gasteiger partial charge on any atom is -0.453 e. The van der Waals surface area contributed by atoms with Crippen molar-refractivity contribution in [2.75, 3.05) is 0 Å². The molecule has 0 N–H and O–H groups in total. The molecule has 0 atom stereocenters. The van der Waals surface area contributed by atoms with Crippen molar-refractivity contribution in [1.82, 2.24) is 24.8 Å². The summed E-state index contributed by atoms with van der Waals surface area (Å²) in [5.41, 5.74) is 1.50. The fourth-order valence-corrected chi connectivity index (χ4v) is 2.19. The number of fused-ring (bicyclic) bond motifs is 1. The lowest BCUT2D eigenvalue weighted by molar-refractivity contribution is 0.242. The number of nitrogens with zero attached hydrogens (tertiary/aromatic N) is 5. The third-order valence-corrected chi connectivity index (χ3v) is 3.42. The molecule has 114 valence electrons. The first-order valence-corrected chi connectivity index (χ1v) is 7.18. The van der Waals surface area contributed by atoms with Gasteiger partial charge in [0.25, 0.3) is 5.89 Å². The van der Waals surface area contributed by atoms with Crippen molar-refractivity contribution < 1.29 is 9.15 Å². The standard InChI is InChI=1S/C15H10ClN5O2/c16-11-6-4-10(5-7-11)14-19-18-13(23-14)9-22-15-20-17-12-3-1-2-8-21(12)15/h1-8H,9H2. The normalized spacial score (nSPS) is 11.0. The van der Waals surface area contributed by atoms with Gasteiger partial charge in [-0.05, 0) is 36.4 Å². The zero-order valence-electron chi connectivity index (χ0n) is 11.8. The highest BCUT2D eigenvalue weighted by molar-refractivity contribution is 6.30. The molecule has 3 aromatic heterocycles. The van der Waals surface area contributed by atoms with E-state index in [2.05, 4.69) is 20.4 Å². The van der Waals surface area contributed by atoms with Gasteiger partial charge in [-0.15, -0.1) is 15.3 Å². The summed E-state index contributed by atoms with van der Waals surface area (Å²) in [7, 11) is 0. The summed E-state index contributed by atoms with van der Waals surface area (Å²) in [5.74, 6) is 0.758. The summed E-state index contributed by atoms with van der Waals surface area (Å²) in [6.07, 6.45) is 1.82. The summed E-state index contributed by atoms with van der Waals surface area (Å²) in [6, 6.07) is 13.1. The van der Waals surface area contributed by atoms with Crippen molar-refractivity contribution in [1.29, 1.82) is 0 Å². The van der Waals surface area contributed by atoms with Crippen LogP contribution in [0.1, 0.15) is 5.89 Å². The Morgan fingerprint density at radius 2 is 1.87 bits per heavy atom. The average molecular weight is 328 g/mol. The van der Waals surface area contributed by atoms with Crippen molar-refractivity contribution in [3.8, 4) is 17.5 Å². The number of ether oxygens (including phenoxy) is 1. The molecule has 4 rings (SSSR count). The summed E-state index contributed by atoms with van der Waals surface area (Å²) in [4.78, 5) is 0. The van der Waals surface area contributed by atoms with E-state index in [9.17, 15) is 0 Å². The van der Waals surface area contributed by atoms with E-state index < -0.39 is 0 Å². The quantitative estimate of drug-likeness (QED) is 0.573. The first-order chi connectivity index (χ1) is 11.3. The van der Waals surface area contributed by atoms with Gasteiger partial charge in [-0.3, -0.25) is 4.40 Å². The van der Waals surface area contributed by atoms with E-state index in [4.69, 9.17) is 20.8 Å². The van der Waals surface area contributed by atoms with Crippen LogP contribution < -0.4 is 4.74 Å². The summed E-state index contributed by atoms with van der Waals surface area (Å²) in [6.45, 7) is 0.107. The van der Waals surface area contributed by atoms with E-state index in [1.54, 1.807) is 16.5 Å². The number of pyridine rings is 1. The van der Waals surface area contributed by atoms with Gasteiger partial charge < -0.3 is 9.15 Å². The summed E-state index contributed by atoms with van der Waals surface area (Å²) in [5, 5.41) is 16.6. The van der Waals surface area contributed by atoms with Gasteiger partial charge in [-0.2, -0.15) is 0 Å². The van der Waals surface area contributed by atoms with E-state index in [1.165, 1.54) is 0 Å². The SMILES string of the molecule is Clc1ccc(-c2nnc(COc3nnc4ccccn34)o2)cc1. The number of benzene rings is 1. The van der Waals surface area contributed by atoms with Gasteiger partial charge in [0.05, 0.1) is 0 Å². The molecule has 0 aliphatic rings. The van der Waals surface area contributed by atoms with E-state index >= 15 is 0 Å². The second kappa shape index (κ2) is 5.69. The van der Waals surface area contributed by atoms with Crippen molar-refractivity contribution in [2.45, 2.75) is 6.61 Å². The number of rotatable bonds is 4. The lowest BCUT2D eigenvalue weighted by atomic mass is 10.2. The van der Waals surface area contributed by atoms with Gasteiger partial charge >= 0.3 is 6.01 Å². The molecule has 23 heavy (non-hydrogen) atoms. The van der Waals surface area contributed by atoms with Crippen LogP contribution in [0.15, 0.2) is 53.1 Å². The molecule has 0 radical (unpaired) electrons. The molecule has 7 nitrogen and oxygen atoms in total. The molecule has 0 amide bonds. The third-order valence-electron chi connectivity index (χ3n) is 3.17. The van der Waals surface area contributed by atoms with Gasteiger partial charge in [-0.1, -0.05) is 22.8 Å². The van der Waals surface area contributed by atoms with E-state index in [0.29, 0.717) is 28.5 Å². The first-order valence-electron chi connectivity index (χ1n) is 6.80. The lowest BCUT2D eigenvalue weighted by Crippen LogP contribution is -1.99. The molecule has 8 heteroatoms. The second-order valence-electron chi connectivity index (χ2n) is 4.71. The largest absolute Gasteiger partial charge is 0.453 e. The molecule has 0 bridgehead atoms. The second-order valence-corrected chi connectivity index (χ2v) is 5.14. The van der Waals surface area contributed by atoms with Crippen LogP contribution in [0, 0.1) is 0 Å². The Morgan fingerprint density at radius 3 is 2.74 bits per heavy atom. The van der Waals surface area contributed by atoms with Crippen molar-refractivity contribution in [2.24, 2.45) is 0 Å². The Labute approximate surface area is 135 Å². The minimum atomic E-state index is 0.107. The molecule has 0 saturated heterocycles. The zero-order chi connectivity index (χ0) is 15.6. The van der Waals surface area contributed by atoms with Crippen LogP contribution in [-0.4, -0.2) is 24.8 Å². The highest BCUT2D eigenvalue weighted by atomic mass is 35.5. The Hall–Kier alpha value is -2.93. The average Bonchev–Trinajstić information content (AvgIpc) is 3.20. The molecule has 0 spiro atoms. The Bertz CT molecular complexity index is 948. The molecule has 0 aliphatic carbocycles. The molecular formula is C15H10ClN5O2. The van der Waals surface area contributed by atoms with Gasteiger partial charge in [0.15, 0.2) is 12.3 Å². The summed E-state index contributed by atoms with van der Waals surface area (Å²) >= 11 is 5.86. The Kier molecular flexibility index (Phi) is 3.39. The molecule has 1 aromatic carbocycles. The Morgan fingerprint density at radius 1 is 1.00 bits per heavy atom. The monoisotopic (exact) mass is 327 g/mol. The van der Waals surface area contributed by atoms with Crippen molar-refractivity contribution in [3.63, 3.8) is 0 Å². The molecule has 4 aromatic rings. The number of halogens is 1. The molecular weight excluding hydrogens is 318 g/mol. The van der Waals surface area contributed by atoms with Crippen molar-refractivity contribution in [3.05, 3.63) is 59.6 Å². The highest BCUT2D eigenvalue weighted by Crippen LogP contribution is 2.20. The fraction of sp³-hybridized carbons (Fsp3) is 0.0667. The topological polar surface area (TPSA) is 78.3 Å². The van der Waals surface area contributed by atoms with Crippen LogP contribution in [0.4, 0.5) is 0 Å². The zero-order valence-corrected chi connectivity index (χ0v) is 12.5. The van der Waals surface area contributed by atoms with E-state index in [1.807, 2.05) is 36.5 Å². The maximum Gasteiger partial charge on any atom is 0.322 e. The molecule has 0 fully saturated rings. The van der Waals surface area contributed by atoms with Crippen LogP contribution in [0.3, 0.4) is 0 Å². The number of aromatic nitrogens is 5. The van der Waals surface area contributed by atoms with E-state index in [-0.39, 0.29) is 6.61 Å². The molecule has 0 aliphatic heterocycles. The smallest absolute Gasteiger partial charge is 0.322 e. The highest BCUT2D eigenvalue weighted by Gasteiger charge is 2.11. The van der Waals surface area contributed by atoms with Crippen LogP contribution >= 0.6 is 11.6 Å². The van der Waals surface area contributed by atoms with Crippen LogP contribution in [0.2, 0.25) is 5.02 Å². The Balaban J connectivity index is 1.51. The maximum atomic E-state index is 5.86. The molecule has 0 unspecified atom stereocenters. The van der Waals surface area contributed by atoms with Gasteiger partial charge in [0.1, 0.15) is 0 Å². The fourth-order valence-electron chi connectivity index (χ4n) is 2.07. The number of hydrogen-bond donors (Lipinski definition) is 0. The minimum absolute atomic E-state index is 0.107. The summed E-state index contributed by atoms with van der Waals surface area (Å²) < 4.78 is 12.9. The van der Waals surface area contributed by atoms with Crippen molar-refractivity contribution >= 4 is 17.2 Å². The predicted molar refractivity (Wildman–Crippen MR) is 82.1 cm³/mol. The lowest BCUT2D eigenvalue weighted by Gasteiger charge is -2.00. The van der Waals surface area contributed by atoms with Crippen LogP contribution in [0.25, 0.3) is 17.1 Å². The third kappa shape index (κ3) is 2.74. The molecule has 3 heterocycles. The van der Waals surface area contributed by atoms with Crippen LogP contribution in [-0.2, 0) is 6.61 Å². The van der Waals surface area contributed by atoms with Gasteiger partial charge in [0, 0.05) is 16.8 Å².